The average Bonchev–Trinajstić information content (AvgIpc) is 3.73. The van der Waals surface area contributed by atoms with Gasteiger partial charge in [0, 0.05) is 60.4 Å². The van der Waals surface area contributed by atoms with Crippen LogP contribution in [-0.2, 0) is 14.9 Å². The Morgan fingerprint density at radius 2 is 1.63 bits per heavy atom. The highest BCUT2D eigenvalue weighted by atomic mass is 35.5. The summed E-state index contributed by atoms with van der Waals surface area (Å²) in [5.74, 6) is 0.570. The molecule has 0 bridgehead atoms. The number of nitrogens with one attached hydrogen (secondary N) is 3. The molecule has 0 aromatic carbocycles. The molecule has 2 aliphatic rings. The van der Waals surface area contributed by atoms with E-state index in [0.717, 1.165) is 52.2 Å². The van der Waals surface area contributed by atoms with E-state index in [1.54, 1.807) is 46.7 Å². The third-order valence-electron chi connectivity index (χ3n) is 7.98. The van der Waals surface area contributed by atoms with Gasteiger partial charge >= 0.3 is 0 Å². The number of nitrogens with zero attached hydrogens (tertiary/aromatic N) is 8. The van der Waals surface area contributed by atoms with Crippen molar-refractivity contribution in [3.8, 4) is 0 Å². The van der Waals surface area contributed by atoms with E-state index in [0.29, 0.717) is 40.1 Å². The minimum atomic E-state index is -0.0859. The zero-order valence-corrected chi connectivity index (χ0v) is 30.7. The van der Waals surface area contributed by atoms with Crippen LogP contribution < -0.4 is 10.7 Å². The third kappa shape index (κ3) is 8.53. The van der Waals surface area contributed by atoms with Gasteiger partial charge in [-0.1, -0.05) is 62.5 Å². The van der Waals surface area contributed by atoms with Crippen LogP contribution in [0, 0.1) is 25.2 Å². The van der Waals surface area contributed by atoms with Crippen LogP contribution in [0.2, 0.25) is 15.3 Å². The normalized spacial score (nSPS) is 16.2. The summed E-state index contributed by atoms with van der Waals surface area (Å²) >= 11 is 17.7. The second kappa shape index (κ2) is 16.5. The largest absolute Gasteiger partial charge is 0.387 e. The topological polar surface area (TPSA) is 160 Å². The fourth-order valence-electron chi connectivity index (χ4n) is 5.27. The van der Waals surface area contributed by atoms with Crippen LogP contribution in [0.25, 0.3) is 11.3 Å². The summed E-state index contributed by atoms with van der Waals surface area (Å²) in [4.78, 5) is 23.7. The van der Waals surface area contributed by atoms with Gasteiger partial charge in [-0.3, -0.25) is 5.43 Å². The quantitative estimate of drug-likeness (QED) is 0.0933. The SMILES string of the molecule is CC.CC1(C)CC(C=O)c2cnc3cc(Cl)nn3c21.CNc1cnc(N/N=C(\C=N)C2COC2)c(Cl)c1.Cc1cnc2cc(Cl)nn2c1C. The van der Waals surface area contributed by atoms with Crippen molar-refractivity contribution in [1.29, 1.82) is 5.41 Å². The number of aromatic nitrogens is 7. The second-order valence-corrected chi connectivity index (χ2v) is 12.9. The first-order valence-corrected chi connectivity index (χ1v) is 16.8. The van der Waals surface area contributed by atoms with E-state index < -0.39 is 0 Å². The highest BCUT2D eigenvalue weighted by Gasteiger charge is 2.39. The predicted octanol–water partition coefficient (Wildman–Crippen LogP) is 7.21. The smallest absolute Gasteiger partial charge is 0.165 e. The number of hydrazone groups is 1. The van der Waals surface area contributed by atoms with Gasteiger partial charge in [0.15, 0.2) is 27.4 Å². The van der Waals surface area contributed by atoms with Crippen molar-refractivity contribution in [1.82, 2.24) is 34.2 Å². The number of halogens is 3. The number of aldehydes is 1. The molecule has 5 aromatic heterocycles. The van der Waals surface area contributed by atoms with Crippen LogP contribution in [0.3, 0.4) is 0 Å². The summed E-state index contributed by atoms with van der Waals surface area (Å²) in [5.41, 5.74) is 9.88. The predicted molar refractivity (Wildman–Crippen MR) is 196 cm³/mol. The maximum Gasteiger partial charge on any atom is 0.165 e. The van der Waals surface area contributed by atoms with E-state index in [2.05, 4.69) is 54.8 Å². The van der Waals surface area contributed by atoms with Gasteiger partial charge in [0.05, 0.1) is 47.4 Å². The number of ether oxygens (including phenoxy) is 1. The summed E-state index contributed by atoms with van der Waals surface area (Å²) in [7, 11) is 1.79. The van der Waals surface area contributed by atoms with Crippen molar-refractivity contribution < 1.29 is 9.53 Å². The maximum atomic E-state index is 11.1. The molecule has 6 heterocycles. The van der Waals surface area contributed by atoms with Crippen molar-refractivity contribution in [2.24, 2.45) is 11.0 Å². The maximum absolute atomic E-state index is 11.1. The van der Waals surface area contributed by atoms with Crippen LogP contribution in [0.4, 0.5) is 11.5 Å². The Morgan fingerprint density at radius 1 is 1.00 bits per heavy atom. The molecule has 0 amide bonds. The summed E-state index contributed by atoms with van der Waals surface area (Å²) in [6.45, 7) is 13.4. The molecule has 0 spiro atoms. The Bertz CT molecular complexity index is 1970. The fourth-order valence-corrected chi connectivity index (χ4v) is 5.83. The van der Waals surface area contributed by atoms with Crippen LogP contribution in [0.15, 0.2) is 41.9 Å². The molecule has 1 aliphatic heterocycles. The number of fused-ring (bicyclic) bond motifs is 4. The van der Waals surface area contributed by atoms with Gasteiger partial charge in [-0.15, -0.1) is 0 Å². The Kier molecular flexibility index (Phi) is 12.7. The van der Waals surface area contributed by atoms with Crippen molar-refractivity contribution in [3.63, 3.8) is 0 Å². The highest BCUT2D eigenvalue weighted by molar-refractivity contribution is 6.33. The molecule has 0 radical (unpaired) electrons. The standard InChI is InChI=1S/C12H12ClN3O.C11H14ClN5O.C8H8ClN3.C2H6/c1-12(2)4-7(6-17)8-5-14-10-3-9(13)15-16(10)11(8)12;1-14-8-2-9(12)11(15-4-8)17-16-10(3-13)7-5-18-6-7;1-5-4-10-8-3-7(9)11-12(8)6(5)2;1-2/h3,5-7H,4H2,1-2H3;2-4,7,13-14H,5-6H2,1H3,(H,15,17);3-4H,1-2H3;1-2H3/b;13-3?,16-10+;;. The number of pyridine rings is 1. The Morgan fingerprint density at radius 3 is 2.20 bits per heavy atom. The number of anilines is 2. The number of hydrogen-bond donors (Lipinski definition) is 3. The molecule has 260 valence electrons. The Labute approximate surface area is 299 Å². The minimum absolute atomic E-state index is 0.0834. The molecule has 0 saturated carbocycles. The van der Waals surface area contributed by atoms with E-state index in [4.69, 9.17) is 44.9 Å². The number of carbonyl (C=O) groups is 1. The molecule has 13 nitrogen and oxygen atoms in total. The van der Waals surface area contributed by atoms with E-state index in [-0.39, 0.29) is 17.3 Å². The van der Waals surface area contributed by atoms with Crippen molar-refractivity contribution in [3.05, 3.63) is 74.6 Å². The van der Waals surface area contributed by atoms with Crippen molar-refractivity contribution in [2.45, 2.75) is 59.3 Å². The van der Waals surface area contributed by atoms with E-state index in [1.807, 2.05) is 33.9 Å². The first-order valence-electron chi connectivity index (χ1n) is 15.7. The fraction of sp³-hybridized carbons (Fsp3) is 0.394. The number of carbonyl (C=O) groups excluding carboxylic acids is 1. The molecule has 1 aliphatic carbocycles. The van der Waals surface area contributed by atoms with Crippen LogP contribution >= 0.6 is 34.8 Å². The van der Waals surface area contributed by atoms with Crippen LogP contribution in [-0.4, -0.2) is 72.7 Å². The molecular formula is C33H40Cl3N11O2. The van der Waals surface area contributed by atoms with Gasteiger partial charge in [0.25, 0.3) is 0 Å². The summed E-state index contributed by atoms with van der Waals surface area (Å²) in [5, 5.41) is 24.1. The van der Waals surface area contributed by atoms with E-state index in [1.165, 1.54) is 6.21 Å². The molecule has 49 heavy (non-hydrogen) atoms. The molecule has 16 heteroatoms. The first-order chi connectivity index (χ1) is 23.4. The minimum Gasteiger partial charge on any atom is -0.387 e. The van der Waals surface area contributed by atoms with Gasteiger partial charge in [-0.2, -0.15) is 15.3 Å². The highest BCUT2D eigenvalue weighted by Crippen LogP contribution is 2.44. The molecule has 1 atom stereocenters. The van der Waals surface area contributed by atoms with Gasteiger partial charge in [-0.05, 0) is 31.9 Å². The van der Waals surface area contributed by atoms with Crippen LogP contribution in [0.1, 0.15) is 62.5 Å². The third-order valence-corrected chi connectivity index (χ3v) is 8.64. The monoisotopic (exact) mass is 727 g/mol. The van der Waals surface area contributed by atoms with Gasteiger partial charge in [0.2, 0.25) is 0 Å². The molecule has 1 unspecified atom stereocenters. The molecule has 1 saturated heterocycles. The Hall–Kier alpha value is -4.17. The number of aryl methyl sites for hydroxylation is 2. The molecule has 7 rings (SSSR count). The lowest BCUT2D eigenvalue weighted by Gasteiger charge is -2.25. The van der Waals surface area contributed by atoms with Crippen LogP contribution in [0.5, 0.6) is 0 Å². The lowest BCUT2D eigenvalue weighted by Crippen LogP contribution is -2.35. The Balaban J connectivity index is 0.000000164. The summed E-state index contributed by atoms with van der Waals surface area (Å²) in [6, 6.07) is 5.23. The lowest BCUT2D eigenvalue weighted by atomic mass is 9.89. The molecule has 3 N–H and O–H groups in total. The molecule has 1 fully saturated rings. The average molecular weight is 729 g/mol. The van der Waals surface area contributed by atoms with E-state index in [9.17, 15) is 4.79 Å². The zero-order valence-electron chi connectivity index (χ0n) is 28.4. The van der Waals surface area contributed by atoms with Gasteiger partial charge in [-0.25, -0.2) is 24.0 Å². The number of rotatable bonds is 6. The van der Waals surface area contributed by atoms with Gasteiger partial charge in [0.1, 0.15) is 6.29 Å². The summed E-state index contributed by atoms with van der Waals surface area (Å²) < 4.78 is 8.57. The van der Waals surface area contributed by atoms with Gasteiger partial charge < -0.3 is 20.3 Å². The molecule has 5 aromatic rings. The molecular weight excluding hydrogens is 689 g/mol. The second-order valence-electron chi connectivity index (χ2n) is 11.7. The van der Waals surface area contributed by atoms with E-state index >= 15 is 0 Å². The van der Waals surface area contributed by atoms with Crippen molar-refractivity contribution in [2.75, 3.05) is 31.0 Å². The first kappa shape index (κ1) is 37.6. The lowest BCUT2D eigenvalue weighted by molar-refractivity contribution is -0.109. The summed E-state index contributed by atoms with van der Waals surface area (Å²) in [6.07, 6.45) is 8.26. The van der Waals surface area contributed by atoms with Crippen molar-refractivity contribution >= 4 is 75.8 Å². The number of hydrogen-bond acceptors (Lipinski definition) is 11. The zero-order chi connectivity index (χ0) is 35.9.